The standard InChI is InChI=1S/C41H70N2O7/c1-25-19-27(34(44)37(4,5)46)49-33-32(25)38(6)13-14-41-24-40(41)12-11-30(36(2,3)28(40)9-10-29(41)39(38,7)35(33)45)50-31-23-43(16-18-48-31)22-26-20-42(21-26)15-17-47-8/h25-35,44-46H,9-24H2,1-8H3/t25-,27+,28?,29?,30?,31+,32+,33?,34?,35+,38?,39-,40?,41?/m1/s1. The Kier molecular flexibility index (Phi) is 9.02. The molecule has 8 rings (SSSR count). The largest absolute Gasteiger partial charge is 0.390 e. The summed E-state index contributed by atoms with van der Waals surface area (Å²) in [6, 6.07) is 0. The molecule has 3 aliphatic heterocycles. The van der Waals surface area contributed by atoms with E-state index in [9.17, 15) is 15.3 Å². The SMILES string of the molecule is COCCN1CC(CN2CCO[C@@H](OC3CCC45CC46CCC4(C)[C@@H]7C(O[C@H](C(O)C(C)(C)O)C[C@H]7C)[C@H](O)[C@@]4(C)C6CCC5C3(C)C)C2)C1. The molecule has 0 aromatic carbocycles. The maximum absolute atomic E-state index is 12.5. The van der Waals surface area contributed by atoms with E-state index in [2.05, 4.69) is 44.4 Å². The van der Waals surface area contributed by atoms with Gasteiger partial charge in [0, 0.05) is 51.8 Å². The van der Waals surface area contributed by atoms with E-state index in [1.165, 1.54) is 38.8 Å². The van der Waals surface area contributed by atoms with Crippen LogP contribution in [0.15, 0.2) is 0 Å². The monoisotopic (exact) mass is 703 g/mol. The Labute approximate surface area is 302 Å². The highest BCUT2D eigenvalue weighted by Crippen LogP contribution is 2.89. The van der Waals surface area contributed by atoms with Crippen LogP contribution >= 0.6 is 0 Å². The van der Waals surface area contributed by atoms with E-state index < -0.39 is 23.9 Å². The first-order valence-corrected chi connectivity index (χ1v) is 20.5. The number of hydrogen-bond donors (Lipinski definition) is 3. The van der Waals surface area contributed by atoms with Gasteiger partial charge < -0.3 is 39.2 Å². The summed E-state index contributed by atoms with van der Waals surface area (Å²) >= 11 is 0. The number of methoxy groups -OCH3 is 1. The highest BCUT2D eigenvalue weighted by molar-refractivity contribution is 5.33. The lowest BCUT2D eigenvalue weighted by molar-refractivity contribution is -0.249. The molecule has 3 N–H and O–H groups in total. The average molecular weight is 703 g/mol. The number of fused-ring (bicyclic) bond motifs is 4. The molecule has 3 heterocycles. The Morgan fingerprint density at radius 2 is 1.68 bits per heavy atom. The van der Waals surface area contributed by atoms with Gasteiger partial charge in [0.2, 0.25) is 0 Å². The maximum atomic E-state index is 12.5. The van der Waals surface area contributed by atoms with Crippen LogP contribution in [0.2, 0.25) is 0 Å². The molecular weight excluding hydrogens is 632 g/mol. The van der Waals surface area contributed by atoms with Crippen LogP contribution in [0.4, 0.5) is 0 Å². The van der Waals surface area contributed by atoms with Gasteiger partial charge in [-0.25, -0.2) is 0 Å². The van der Waals surface area contributed by atoms with E-state index in [-0.39, 0.29) is 46.1 Å². The summed E-state index contributed by atoms with van der Waals surface area (Å²) in [5.41, 5.74) is -0.817. The lowest BCUT2D eigenvalue weighted by Crippen LogP contribution is -2.60. The molecule has 9 nitrogen and oxygen atoms in total. The fraction of sp³-hybridized carbons (Fsp3) is 1.00. The fourth-order valence-corrected chi connectivity index (χ4v) is 14.9. The molecule has 8 unspecified atom stereocenters. The molecule has 14 atom stereocenters. The minimum Gasteiger partial charge on any atom is -0.390 e. The molecule has 5 aliphatic carbocycles. The van der Waals surface area contributed by atoms with Gasteiger partial charge in [-0.05, 0) is 116 Å². The molecular formula is C41H70N2O7. The third kappa shape index (κ3) is 5.17. The fourth-order valence-electron chi connectivity index (χ4n) is 14.9. The molecule has 0 aromatic heterocycles. The third-order valence-corrected chi connectivity index (χ3v) is 17.4. The van der Waals surface area contributed by atoms with Gasteiger partial charge in [-0.3, -0.25) is 4.90 Å². The molecule has 0 radical (unpaired) electrons. The van der Waals surface area contributed by atoms with Crippen molar-refractivity contribution >= 4 is 0 Å². The smallest absolute Gasteiger partial charge is 0.170 e. The number of ether oxygens (including phenoxy) is 4. The van der Waals surface area contributed by atoms with Crippen LogP contribution in [0, 0.1) is 56.7 Å². The number of rotatable bonds is 9. The predicted molar refractivity (Wildman–Crippen MR) is 191 cm³/mol. The van der Waals surface area contributed by atoms with Gasteiger partial charge in [0.05, 0.1) is 43.2 Å². The third-order valence-electron chi connectivity index (χ3n) is 17.4. The van der Waals surface area contributed by atoms with E-state index in [1.54, 1.807) is 21.0 Å². The molecule has 8 aliphatic rings. The predicted octanol–water partition coefficient (Wildman–Crippen LogP) is 4.55. The maximum Gasteiger partial charge on any atom is 0.170 e. The van der Waals surface area contributed by atoms with Crippen molar-refractivity contribution in [2.24, 2.45) is 56.7 Å². The topological polar surface area (TPSA) is 104 Å². The second-order valence-corrected chi connectivity index (χ2v) is 20.5. The minimum absolute atomic E-state index is 0.0184. The molecule has 8 fully saturated rings. The van der Waals surface area contributed by atoms with E-state index >= 15 is 0 Å². The van der Waals surface area contributed by atoms with E-state index in [0.717, 1.165) is 71.0 Å². The van der Waals surface area contributed by atoms with Crippen molar-refractivity contribution in [2.75, 3.05) is 59.6 Å². The van der Waals surface area contributed by atoms with Crippen molar-refractivity contribution in [3.63, 3.8) is 0 Å². The Bertz CT molecular complexity index is 1270. The zero-order valence-electron chi connectivity index (χ0n) is 32.5. The second-order valence-electron chi connectivity index (χ2n) is 20.5. The summed E-state index contributed by atoms with van der Waals surface area (Å²) in [6.07, 6.45) is 6.82. The highest BCUT2D eigenvalue weighted by Gasteiger charge is 2.84. The van der Waals surface area contributed by atoms with Crippen LogP contribution in [-0.4, -0.2) is 127 Å². The molecule has 0 aromatic rings. The van der Waals surface area contributed by atoms with Crippen molar-refractivity contribution in [2.45, 2.75) is 142 Å². The van der Waals surface area contributed by atoms with Crippen molar-refractivity contribution in [3.05, 3.63) is 0 Å². The van der Waals surface area contributed by atoms with Gasteiger partial charge in [-0.2, -0.15) is 0 Å². The number of aliphatic hydroxyl groups is 3. The normalized spacial score (nSPS) is 51.1. The van der Waals surface area contributed by atoms with Gasteiger partial charge in [-0.1, -0.05) is 34.6 Å². The van der Waals surface area contributed by atoms with Crippen LogP contribution in [-0.2, 0) is 18.9 Å². The van der Waals surface area contributed by atoms with E-state index in [4.69, 9.17) is 18.9 Å². The Hall–Kier alpha value is -0.360. The molecule has 2 spiro atoms. The second kappa shape index (κ2) is 12.3. The van der Waals surface area contributed by atoms with Crippen LogP contribution in [0.3, 0.4) is 0 Å². The summed E-state index contributed by atoms with van der Waals surface area (Å²) in [5.74, 6) is 2.39. The van der Waals surface area contributed by atoms with Crippen molar-refractivity contribution in [1.29, 1.82) is 0 Å². The van der Waals surface area contributed by atoms with Crippen LogP contribution in [0.1, 0.15) is 99.8 Å². The highest BCUT2D eigenvalue weighted by atomic mass is 16.7. The summed E-state index contributed by atoms with van der Waals surface area (Å²) in [5, 5.41) is 34.2. The number of nitrogens with zero attached hydrogens (tertiary/aromatic N) is 2. The van der Waals surface area contributed by atoms with Crippen molar-refractivity contribution in [3.8, 4) is 0 Å². The molecule has 286 valence electrons. The van der Waals surface area contributed by atoms with Crippen LogP contribution in [0.5, 0.6) is 0 Å². The van der Waals surface area contributed by atoms with Crippen LogP contribution in [0.25, 0.3) is 0 Å². The number of morpholine rings is 1. The molecule has 5 saturated carbocycles. The number of aliphatic hydroxyl groups excluding tert-OH is 2. The first-order chi connectivity index (χ1) is 23.5. The van der Waals surface area contributed by atoms with Crippen molar-refractivity contribution in [1.82, 2.24) is 9.80 Å². The Morgan fingerprint density at radius 3 is 2.40 bits per heavy atom. The van der Waals surface area contributed by atoms with Gasteiger partial charge in [-0.15, -0.1) is 0 Å². The number of likely N-dealkylation sites (tertiary alicyclic amines) is 1. The van der Waals surface area contributed by atoms with Crippen LogP contribution < -0.4 is 0 Å². The van der Waals surface area contributed by atoms with Gasteiger partial charge in [0.1, 0.15) is 6.10 Å². The lowest BCUT2D eigenvalue weighted by atomic mass is 9.41. The van der Waals surface area contributed by atoms with E-state index in [1.807, 2.05) is 0 Å². The first kappa shape index (κ1) is 36.6. The molecule has 50 heavy (non-hydrogen) atoms. The molecule has 3 saturated heterocycles. The minimum atomic E-state index is -1.25. The summed E-state index contributed by atoms with van der Waals surface area (Å²) in [6.45, 7) is 23.5. The zero-order chi connectivity index (χ0) is 35.6. The first-order valence-electron chi connectivity index (χ1n) is 20.5. The summed E-state index contributed by atoms with van der Waals surface area (Å²) < 4.78 is 25.3. The van der Waals surface area contributed by atoms with E-state index in [0.29, 0.717) is 23.2 Å². The lowest BCUT2D eigenvalue weighted by Gasteiger charge is -2.64. The molecule has 0 amide bonds. The van der Waals surface area contributed by atoms with Crippen molar-refractivity contribution < 1.29 is 34.3 Å². The van der Waals surface area contributed by atoms with Gasteiger partial charge in [0.25, 0.3) is 0 Å². The summed E-state index contributed by atoms with van der Waals surface area (Å²) in [4.78, 5) is 5.07. The Morgan fingerprint density at radius 1 is 0.960 bits per heavy atom. The molecule has 9 heteroatoms. The zero-order valence-corrected chi connectivity index (χ0v) is 32.5. The molecule has 0 bridgehead atoms. The summed E-state index contributed by atoms with van der Waals surface area (Å²) in [7, 11) is 1.78. The average Bonchev–Trinajstić information content (AvgIpc) is 3.67. The quantitative estimate of drug-likeness (QED) is 0.319. The number of hydrogen-bond acceptors (Lipinski definition) is 9. The van der Waals surface area contributed by atoms with Gasteiger partial charge in [0.15, 0.2) is 6.29 Å². The van der Waals surface area contributed by atoms with Gasteiger partial charge >= 0.3 is 0 Å². The Balaban J connectivity index is 0.951.